The lowest BCUT2D eigenvalue weighted by Gasteiger charge is -2.27. The van der Waals surface area contributed by atoms with Gasteiger partial charge in [-0.15, -0.1) is 0 Å². The van der Waals surface area contributed by atoms with E-state index in [9.17, 15) is 9.90 Å². The molecule has 0 atom stereocenters. The summed E-state index contributed by atoms with van der Waals surface area (Å²) < 4.78 is 11.2. The standard InChI is InChI=1S/C22H25N3O4/c1-4-28-22(27)18-14(2)29-21-16-8-6-5-7-15(16)20(26)17(19(18)21)13-23-25-11-9-24(3)10-12-25/h5-8,13,26H,4,9-12H2,1-3H3/p+1/b23-13+. The fourth-order valence-electron chi connectivity index (χ4n) is 3.85. The van der Waals surface area contributed by atoms with Crippen LogP contribution in [0, 0.1) is 6.92 Å². The van der Waals surface area contributed by atoms with Gasteiger partial charge in [0.15, 0.2) is 0 Å². The summed E-state index contributed by atoms with van der Waals surface area (Å²) in [5, 5.41) is 19.6. The third-order valence-corrected chi connectivity index (χ3v) is 5.46. The van der Waals surface area contributed by atoms with Gasteiger partial charge in [-0.25, -0.2) is 4.79 Å². The summed E-state index contributed by atoms with van der Waals surface area (Å²) in [5.41, 5.74) is 1.38. The number of rotatable bonds is 4. The van der Waals surface area contributed by atoms with E-state index in [4.69, 9.17) is 9.15 Å². The molecule has 0 aliphatic carbocycles. The molecule has 29 heavy (non-hydrogen) atoms. The van der Waals surface area contributed by atoms with Crippen LogP contribution in [0.15, 0.2) is 33.8 Å². The van der Waals surface area contributed by atoms with Crippen LogP contribution < -0.4 is 4.90 Å². The molecule has 2 N–H and O–H groups in total. The maximum absolute atomic E-state index is 12.7. The number of ether oxygens (including phenoxy) is 1. The number of hydrogen-bond donors (Lipinski definition) is 2. The van der Waals surface area contributed by atoms with Gasteiger partial charge >= 0.3 is 5.97 Å². The number of phenols is 1. The second kappa shape index (κ2) is 7.75. The highest BCUT2D eigenvalue weighted by molar-refractivity contribution is 6.21. The molecular formula is C22H26N3O4+. The molecule has 0 amide bonds. The molecule has 1 saturated heterocycles. The average Bonchev–Trinajstić information content (AvgIpc) is 3.06. The Hall–Kier alpha value is -3.06. The van der Waals surface area contributed by atoms with Crippen molar-refractivity contribution in [3.8, 4) is 5.75 Å². The number of carbonyl (C=O) groups excluding carboxylic acids is 1. The number of hydrazone groups is 1. The molecule has 7 nitrogen and oxygen atoms in total. The van der Waals surface area contributed by atoms with Gasteiger partial charge in [-0.05, 0) is 13.8 Å². The number of quaternary nitrogens is 1. The van der Waals surface area contributed by atoms with Crippen molar-refractivity contribution in [3.05, 3.63) is 41.2 Å². The minimum absolute atomic E-state index is 0.0861. The molecule has 3 aromatic rings. The van der Waals surface area contributed by atoms with E-state index >= 15 is 0 Å². The van der Waals surface area contributed by atoms with Crippen LogP contribution in [0.4, 0.5) is 0 Å². The van der Waals surface area contributed by atoms with Crippen LogP contribution in [0.25, 0.3) is 21.7 Å². The van der Waals surface area contributed by atoms with Gasteiger partial charge in [-0.1, -0.05) is 24.3 Å². The van der Waals surface area contributed by atoms with Crippen molar-refractivity contribution in [2.24, 2.45) is 5.10 Å². The van der Waals surface area contributed by atoms with E-state index in [1.165, 1.54) is 4.90 Å². The van der Waals surface area contributed by atoms with Crippen molar-refractivity contribution in [1.29, 1.82) is 0 Å². The zero-order valence-electron chi connectivity index (χ0n) is 17.0. The molecule has 4 rings (SSSR count). The van der Waals surface area contributed by atoms with E-state index < -0.39 is 5.97 Å². The number of nitrogens with zero attached hydrogens (tertiary/aromatic N) is 2. The maximum Gasteiger partial charge on any atom is 0.342 e. The highest BCUT2D eigenvalue weighted by Gasteiger charge is 2.26. The first kappa shape index (κ1) is 19.3. The minimum atomic E-state index is -0.462. The van der Waals surface area contributed by atoms with E-state index in [1.807, 2.05) is 29.3 Å². The number of fused-ring (bicyclic) bond motifs is 3. The predicted molar refractivity (Wildman–Crippen MR) is 112 cm³/mol. The SMILES string of the molecule is CCOC(=O)c1c(C)oc2c1c(/C=N/N1CC[NH+](C)CC1)c(O)c1ccccc12. The molecule has 1 aliphatic rings. The molecule has 0 bridgehead atoms. The number of aryl methyl sites for hydroxylation is 1. The lowest BCUT2D eigenvalue weighted by atomic mass is 9.98. The Morgan fingerprint density at radius 2 is 2.00 bits per heavy atom. The van der Waals surface area contributed by atoms with Crippen LogP contribution in [0.1, 0.15) is 28.6 Å². The van der Waals surface area contributed by atoms with Gasteiger partial charge in [-0.2, -0.15) is 5.10 Å². The zero-order chi connectivity index (χ0) is 20.5. The number of benzene rings is 2. The number of hydrogen-bond acceptors (Lipinski definition) is 6. The number of furan rings is 1. The highest BCUT2D eigenvalue weighted by Crippen LogP contribution is 2.40. The number of nitrogens with one attached hydrogen (secondary N) is 1. The number of esters is 1. The first-order chi connectivity index (χ1) is 14.0. The van der Waals surface area contributed by atoms with Gasteiger partial charge in [0.1, 0.15) is 22.7 Å². The maximum atomic E-state index is 12.7. The second-order valence-corrected chi connectivity index (χ2v) is 7.42. The summed E-state index contributed by atoms with van der Waals surface area (Å²) >= 11 is 0. The minimum Gasteiger partial charge on any atom is -0.507 e. The van der Waals surface area contributed by atoms with Crippen LogP contribution in [-0.2, 0) is 4.74 Å². The molecule has 0 saturated carbocycles. The summed E-state index contributed by atoms with van der Waals surface area (Å²) in [4.78, 5) is 14.1. The van der Waals surface area contributed by atoms with E-state index in [2.05, 4.69) is 12.1 Å². The number of piperazine rings is 1. The lowest BCUT2D eigenvalue weighted by Crippen LogP contribution is -3.11. The number of likely N-dealkylation sites (N-methyl/N-ethyl adjacent to an activating group) is 1. The van der Waals surface area contributed by atoms with E-state index in [1.54, 1.807) is 20.1 Å². The number of aromatic hydroxyl groups is 1. The highest BCUT2D eigenvalue weighted by atomic mass is 16.5. The van der Waals surface area contributed by atoms with E-state index in [0.29, 0.717) is 33.2 Å². The van der Waals surface area contributed by atoms with Crippen LogP contribution in [0.3, 0.4) is 0 Å². The monoisotopic (exact) mass is 396 g/mol. The quantitative estimate of drug-likeness (QED) is 0.521. The van der Waals surface area contributed by atoms with Crippen molar-refractivity contribution in [3.63, 3.8) is 0 Å². The molecule has 0 unspecified atom stereocenters. The zero-order valence-corrected chi connectivity index (χ0v) is 17.0. The van der Waals surface area contributed by atoms with Crippen LogP contribution in [0.2, 0.25) is 0 Å². The Kier molecular flexibility index (Phi) is 5.15. The third kappa shape index (κ3) is 3.42. The van der Waals surface area contributed by atoms with Crippen LogP contribution >= 0.6 is 0 Å². The Labute approximate surface area is 169 Å². The summed E-state index contributed by atoms with van der Waals surface area (Å²) in [6.45, 7) is 7.47. The molecule has 1 aromatic heterocycles. The van der Waals surface area contributed by atoms with E-state index in [0.717, 1.165) is 31.6 Å². The van der Waals surface area contributed by atoms with Crippen LogP contribution in [-0.4, -0.2) is 62.1 Å². The molecule has 1 aliphatic heterocycles. The fraction of sp³-hybridized carbons (Fsp3) is 0.364. The van der Waals surface area contributed by atoms with Crippen molar-refractivity contribution < 1.29 is 24.0 Å². The van der Waals surface area contributed by atoms with Gasteiger partial charge < -0.3 is 19.2 Å². The summed E-state index contributed by atoms with van der Waals surface area (Å²) in [5.74, 6) is 0.0891. The Morgan fingerprint density at radius 1 is 1.31 bits per heavy atom. The smallest absolute Gasteiger partial charge is 0.342 e. The van der Waals surface area contributed by atoms with Gasteiger partial charge in [0, 0.05) is 21.7 Å². The molecule has 0 radical (unpaired) electrons. The Morgan fingerprint density at radius 3 is 2.69 bits per heavy atom. The summed E-state index contributed by atoms with van der Waals surface area (Å²) in [6.07, 6.45) is 1.64. The normalized spacial score (nSPS) is 15.6. The van der Waals surface area contributed by atoms with Gasteiger partial charge in [0.25, 0.3) is 0 Å². The fourth-order valence-corrected chi connectivity index (χ4v) is 3.85. The summed E-state index contributed by atoms with van der Waals surface area (Å²) in [6, 6.07) is 7.45. The van der Waals surface area contributed by atoms with Gasteiger partial charge in [-0.3, -0.25) is 5.01 Å². The van der Waals surface area contributed by atoms with Gasteiger partial charge in [0.2, 0.25) is 0 Å². The van der Waals surface area contributed by atoms with Crippen molar-refractivity contribution in [2.75, 3.05) is 39.8 Å². The second-order valence-electron chi connectivity index (χ2n) is 7.42. The number of phenolic OH excluding ortho intramolecular Hbond substituents is 1. The van der Waals surface area contributed by atoms with Gasteiger partial charge in [0.05, 0.1) is 46.0 Å². The molecule has 2 heterocycles. The lowest BCUT2D eigenvalue weighted by molar-refractivity contribution is -0.884. The van der Waals surface area contributed by atoms with Crippen molar-refractivity contribution >= 4 is 33.9 Å². The molecule has 152 valence electrons. The number of carbonyl (C=O) groups is 1. The summed E-state index contributed by atoms with van der Waals surface area (Å²) in [7, 11) is 2.17. The first-order valence-corrected chi connectivity index (χ1v) is 9.95. The van der Waals surface area contributed by atoms with E-state index in [-0.39, 0.29) is 12.4 Å². The average molecular weight is 396 g/mol. The van der Waals surface area contributed by atoms with Crippen LogP contribution in [0.5, 0.6) is 5.75 Å². The topological polar surface area (TPSA) is 79.7 Å². The predicted octanol–water partition coefficient (Wildman–Crippen LogP) is 1.94. The van der Waals surface area contributed by atoms with Crippen molar-refractivity contribution in [2.45, 2.75) is 13.8 Å². The van der Waals surface area contributed by atoms with Crippen molar-refractivity contribution in [1.82, 2.24) is 5.01 Å². The Bertz CT molecular complexity index is 1090. The molecule has 1 fully saturated rings. The largest absolute Gasteiger partial charge is 0.507 e. The Balaban J connectivity index is 1.92. The molecular weight excluding hydrogens is 370 g/mol. The third-order valence-electron chi connectivity index (χ3n) is 5.46. The molecule has 7 heteroatoms. The first-order valence-electron chi connectivity index (χ1n) is 9.95. The molecule has 0 spiro atoms. The molecule has 2 aromatic carbocycles.